The number of thiol groups is 1. The van der Waals surface area contributed by atoms with E-state index in [0.29, 0.717) is 36.3 Å². The number of nitrogens with one attached hydrogen (secondary N) is 2. The lowest BCUT2D eigenvalue weighted by molar-refractivity contribution is 0.210. The molecule has 0 fully saturated rings. The molecule has 0 saturated heterocycles. The van der Waals surface area contributed by atoms with Gasteiger partial charge in [-0.3, -0.25) is 5.32 Å². The molecule has 0 spiro atoms. The van der Waals surface area contributed by atoms with Crippen LogP contribution in [0, 0.1) is 0 Å². The molecule has 3 aromatic carbocycles. The van der Waals surface area contributed by atoms with E-state index in [9.17, 15) is 13.2 Å². The van der Waals surface area contributed by atoms with Crippen molar-refractivity contribution in [3.8, 4) is 11.4 Å². The monoisotopic (exact) mass is 613 g/mol. The van der Waals surface area contributed by atoms with Gasteiger partial charge in [-0.15, -0.1) is 0 Å². The van der Waals surface area contributed by atoms with E-state index in [-0.39, 0.29) is 18.5 Å². The summed E-state index contributed by atoms with van der Waals surface area (Å²) in [6, 6.07) is 29.4. The summed E-state index contributed by atoms with van der Waals surface area (Å²) < 4.78 is 28.4. The standard InChI is InChI=1S/C31H31N7O3S2/c39-31(36-30-35-29(37-42-30)26-14-12-23(13-15-26)22-34-43(40)41)38(21-17-28-32-18-7-19-33-28)20-16-27(24-8-3-1-4-9-24)25-10-5-2-6-11-25/h1-15,18-19,27,43H,16-17,20-22H2,(H,34,40,41)(H,35,36,37,39). The molecular formula is C31H31N7O3S2. The summed E-state index contributed by atoms with van der Waals surface area (Å²) >= 11 is 1.10. The van der Waals surface area contributed by atoms with Crippen molar-refractivity contribution in [2.75, 3.05) is 18.4 Å². The molecule has 220 valence electrons. The summed E-state index contributed by atoms with van der Waals surface area (Å²) in [6.07, 6.45) is 4.63. The fourth-order valence-corrected chi connectivity index (χ4v) is 5.57. The number of anilines is 1. The maximum Gasteiger partial charge on any atom is 0.323 e. The highest BCUT2D eigenvalue weighted by Crippen LogP contribution is 2.28. The molecule has 43 heavy (non-hydrogen) atoms. The van der Waals surface area contributed by atoms with Gasteiger partial charge in [-0.25, -0.2) is 27.9 Å². The Bertz CT molecular complexity index is 1620. The molecule has 5 rings (SSSR count). The number of rotatable bonds is 13. The molecule has 0 aliphatic carbocycles. The Hall–Kier alpha value is -4.52. The average Bonchev–Trinajstić information content (AvgIpc) is 3.51. The number of nitrogens with zero attached hydrogens (tertiary/aromatic N) is 5. The number of hydrogen-bond donors (Lipinski definition) is 3. The third kappa shape index (κ3) is 8.74. The Labute approximate surface area is 256 Å². The molecule has 2 heterocycles. The Morgan fingerprint density at radius 3 is 2.12 bits per heavy atom. The number of hydrogen-bond acceptors (Lipinski definition) is 8. The molecule has 0 bridgehead atoms. The summed E-state index contributed by atoms with van der Waals surface area (Å²) in [6.45, 7) is 1.15. The summed E-state index contributed by atoms with van der Waals surface area (Å²) in [4.78, 5) is 28.5. The van der Waals surface area contributed by atoms with Crippen molar-refractivity contribution in [1.82, 2.24) is 28.9 Å². The highest BCUT2D eigenvalue weighted by molar-refractivity contribution is 7.70. The van der Waals surface area contributed by atoms with E-state index in [4.69, 9.17) is 0 Å². The van der Waals surface area contributed by atoms with Crippen LogP contribution in [-0.2, 0) is 23.9 Å². The van der Waals surface area contributed by atoms with Crippen molar-refractivity contribution in [3.63, 3.8) is 0 Å². The van der Waals surface area contributed by atoms with Gasteiger partial charge in [-0.1, -0.05) is 84.9 Å². The topological polar surface area (TPSA) is 130 Å². The zero-order chi connectivity index (χ0) is 29.9. The van der Waals surface area contributed by atoms with Gasteiger partial charge in [-0.05, 0) is 29.2 Å². The van der Waals surface area contributed by atoms with Crippen LogP contribution in [0.5, 0.6) is 0 Å². The second-order valence-electron chi connectivity index (χ2n) is 9.71. The van der Waals surface area contributed by atoms with Gasteiger partial charge in [0, 0.05) is 61.5 Å². The lowest BCUT2D eigenvalue weighted by atomic mass is 9.88. The van der Waals surface area contributed by atoms with Crippen LogP contribution in [0.4, 0.5) is 9.93 Å². The number of amides is 2. The van der Waals surface area contributed by atoms with Crippen molar-refractivity contribution in [1.29, 1.82) is 0 Å². The minimum atomic E-state index is -2.66. The Morgan fingerprint density at radius 2 is 1.49 bits per heavy atom. The molecule has 10 nitrogen and oxygen atoms in total. The number of carbonyl (C=O) groups is 1. The van der Waals surface area contributed by atoms with E-state index < -0.39 is 10.9 Å². The van der Waals surface area contributed by atoms with Gasteiger partial charge in [0.05, 0.1) is 0 Å². The maximum absolute atomic E-state index is 13.6. The second-order valence-corrected chi connectivity index (χ2v) is 11.3. The third-order valence-corrected chi connectivity index (χ3v) is 7.91. The van der Waals surface area contributed by atoms with Crippen LogP contribution < -0.4 is 10.0 Å². The predicted octanol–water partition coefficient (Wildman–Crippen LogP) is 4.91. The van der Waals surface area contributed by atoms with E-state index in [1.165, 1.54) is 11.1 Å². The van der Waals surface area contributed by atoms with Crippen LogP contribution in [0.25, 0.3) is 11.4 Å². The highest BCUT2D eigenvalue weighted by atomic mass is 32.2. The van der Waals surface area contributed by atoms with Gasteiger partial charge in [0.1, 0.15) is 5.82 Å². The van der Waals surface area contributed by atoms with Crippen LogP contribution >= 0.6 is 11.5 Å². The predicted molar refractivity (Wildman–Crippen MR) is 168 cm³/mol. The molecule has 0 radical (unpaired) electrons. The first-order chi connectivity index (χ1) is 21.0. The fraction of sp³-hybridized carbons (Fsp3) is 0.194. The van der Waals surface area contributed by atoms with E-state index in [1.807, 2.05) is 60.7 Å². The maximum atomic E-state index is 13.6. The van der Waals surface area contributed by atoms with Crippen molar-refractivity contribution in [2.45, 2.75) is 25.3 Å². The summed E-state index contributed by atoms with van der Waals surface area (Å²) in [5, 5.41) is 3.32. The molecule has 2 N–H and O–H groups in total. The van der Waals surface area contributed by atoms with Gasteiger partial charge in [0.2, 0.25) is 16.0 Å². The second kappa shape index (κ2) is 15.1. The fourth-order valence-electron chi connectivity index (χ4n) is 4.68. The van der Waals surface area contributed by atoms with E-state index >= 15 is 0 Å². The molecular weight excluding hydrogens is 583 g/mol. The van der Waals surface area contributed by atoms with Crippen LogP contribution in [-0.4, -0.2) is 51.8 Å². The Balaban J connectivity index is 1.29. The van der Waals surface area contributed by atoms with Crippen molar-refractivity contribution < 1.29 is 13.2 Å². The van der Waals surface area contributed by atoms with Gasteiger partial charge < -0.3 is 4.90 Å². The smallest absolute Gasteiger partial charge is 0.323 e. The Kier molecular flexibility index (Phi) is 10.5. The molecule has 0 unspecified atom stereocenters. The molecule has 12 heteroatoms. The van der Waals surface area contributed by atoms with Crippen molar-refractivity contribution in [3.05, 3.63) is 126 Å². The third-order valence-electron chi connectivity index (χ3n) is 6.87. The molecule has 2 amide bonds. The van der Waals surface area contributed by atoms with Crippen molar-refractivity contribution >= 4 is 33.6 Å². The molecule has 2 aromatic heterocycles. The number of carbonyl (C=O) groups excluding carboxylic acids is 1. The normalized spacial score (nSPS) is 11.1. The molecule has 0 aliphatic rings. The van der Waals surface area contributed by atoms with E-state index in [2.05, 4.69) is 53.6 Å². The van der Waals surface area contributed by atoms with Gasteiger partial charge in [-0.2, -0.15) is 9.36 Å². The molecule has 0 aliphatic heterocycles. The van der Waals surface area contributed by atoms with Crippen LogP contribution in [0.2, 0.25) is 0 Å². The first-order valence-corrected chi connectivity index (χ1v) is 15.7. The highest BCUT2D eigenvalue weighted by Gasteiger charge is 2.21. The summed E-state index contributed by atoms with van der Waals surface area (Å²) in [5.74, 6) is 1.26. The number of benzene rings is 3. The number of aromatic nitrogens is 4. The minimum absolute atomic E-state index is 0.117. The van der Waals surface area contributed by atoms with Gasteiger partial charge >= 0.3 is 6.03 Å². The van der Waals surface area contributed by atoms with Gasteiger partial charge in [0.15, 0.2) is 5.82 Å². The lowest BCUT2D eigenvalue weighted by Crippen LogP contribution is -2.38. The zero-order valence-corrected chi connectivity index (χ0v) is 25.0. The van der Waals surface area contributed by atoms with Crippen LogP contribution in [0.1, 0.15) is 34.9 Å². The lowest BCUT2D eigenvalue weighted by Gasteiger charge is -2.26. The van der Waals surface area contributed by atoms with Crippen LogP contribution in [0.3, 0.4) is 0 Å². The summed E-state index contributed by atoms with van der Waals surface area (Å²) in [7, 11) is -2.66. The minimum Gasteiger partial charge on any atom is -0.324 e. The molecule has 5 aromatic rings. The average molecular weight is 614 g/mol. The van der Waals surface area contributed by atoms with Crippen LogP contribution in [0.15, 0.2) is 103 Å². The quantitative estimate of drug-likeness (QED) is 0.161. The molecule has 0 saturated carbocycles. The zero-order valence-electron chi connectivity index (χ0n) is 23.2. The molecule has 0 atom stereocenters. The van der Waals surface area contributed by atoms with E-state index in [1.54, 1.807) is 23.4 Å². The number of urea groups is 1. The van der Waals surface area contributed by atoms with Gasteiger partial charge in [0.25, 0.3) is 0 Å². The SMILES string of the molecule is O=C(Nc1nc(-c2ccc(CN[SH](=O)=O)cc2)ns1)N(CCc1ncccn1)CCC(c1ccccc1)c1ccccc1. The Morgan fingerprint density at radius 1 is 0.837 bits per heavy atom. The van der Waals surface area contributed by atoms with E-state index in [0.717, 1.165) is 29.1 Å². The largest absolute Gasteiger partial charge is 0.324 e. The first kappa shape index (κ1) is 30.0. The van der Waals surface area contributed by atoms with Crippen molar-refractivity contribution in [2.24, 2.45) is 0 Å². The summed E-state index contributed by atoms with van der Waals surface area (Å²) in [5.41, 5.74) is 3.96. The first-order valence-electron chi connectivity index (χ1n) is 13.8.